The van der Waals surface area contributed by atoms with E-state index in [9.17, 15) is 9.18 Å². The van der Waals surface area contributed by atoms with E-state index in [0.717, 1.165) is 5.56 Å². The van der Waals surface area contributed by atoms with Crippen LogP contribution in [0.2, 0.25) is 0 Å². The number of carbonyl (C=O) groups is 1. The largest absolute Gasteiger partial charge is 0.328 e. The molecular formula is C11H10FN3O2. The van der Waals surface area contributed by atoms with Gasteiger partial charge in [0, 0.05) is 0 Å². The zero-order valence-corrected chi connectivity index (χ0v) is 9.32. The quantitative estimate of drug-likeness (QED) is 0.865. The molecule has 0 unspecified atom stereocenters. The fourth-order valence-corrected chi connectivity index (χ4v) is 1.33. The van der Waals surface area contributed by atoms with Gasteiger partial charge in [-0.25, -0.2) is 4.39 Å². The summed E-state index contributed by atoms with van der Waals surface area (Å²) in [5.74, 6) is -0.816. The Morgan fingerprint density at radius 3 is 2.82 bits per heavy atom. The van der Waals surface area contributed by atoms with Gasteiger partial charge in [-0.3, -0.25) is 10.1 Å². The molecule has 1 amide bonds. The Bertz CT molecular complexity index is 566. The van der Waals surface area contributed by atoms with Crippen LogP contribution in [-0.4, -0.2) is 16.0 Å². The van der Waals surface area contributed by atoms with E-state index in [4.69, 9.17) is 4.52 Å². The molecule has 5 nitrogen and oxygen atoms in total. The molecule has 0 saturated carbocycles. The van der Waals surface area contributed by atoms with Gasteiger partial charge in [-0.1, -0.05) is 16.8 Å². The number of nitrogens with one attached hydrogen (secondary N) is 1. The van der Waals surface area contributed by atoms with Crippen molar-refractivity contribution < 1.29 is 13.7 Å². The monoisotopic (exact) mass is 235 g/mol. The number of halogens is 1. The second-order valence-electron chi connectivity index (χ2n) is 3.58. The van der Waals surface area contributed by atoms with Crippen LogP contribution >= 0.6 is 0 Å². The zero-order valence-electron chi connectivity index (χ0n) is 9.32. The van der Waals surface area contributed by atoms with Crippen molar-refractivity contribution >= 4 is 11.9 Å². The first-order valence-electron chi connectivity index (χ1n) is 4.94. The second-order valence-corrected chi connectivity index (χ2v) is 3.58. The summed E-state index contributed by atoms with van der Waals surface area (Å²) in [6.07, 6.45) is 0. The van der Waals surface area contributed by atoms with Gasteiger partial charge in [-0.15, -0.1) is 0 Å². The molecule has 2 aromatic rings. The molecule has 17 heavy (non-hydrogen) atoms. The molecule has 1 heterocycles. The fraction of sp³-hybridized carbons (Fsp3) is 0.182. The smallest absolute Gasteiger partial charge is 0.315 e. The molecule has 0 spiro atoms. The molecule has 0 bridgehead atoms. The minimum Gasteiger partial charge on any atom is -0.315 e. The van der Waals surface area contributed by atoms with Gasteiger partial charge in [0.05, 0.1) is 5.56 Å². The molecule has 0 saturated heterocycles. The van der Waals surface area contributed by atoms with Crippen LogP contribution in [0.25, 0.3) is 0 Å². The number of anilines is 1. The lowest BCUT2D eigenvalue weighted by atomic mass is 10.1. The molecule has 1 aromatic carbocycles. The average Bonchev–Trinajstić information content (AvgIpc) is 2.67. The van der Waals surface area contributed by atoms with E-state index in [0.29, 0.717) is 5.82 Å². The third kappa shape index (κ3) is 2.47. The van der Waals surface area contributed by atoms with E-state index in [-0.39, 0.29) is 11.6 Å². The second kappa shape index (κ2) is 4.32. The maximum absolute atomic E-state index is 13.4. The van der Waals surface area contributed by atoms with Gasteiger partial charge in [-0.05, 0) is 26.0 Å². The summed E-state index contributed by atoms with van der Waals surface area (Å²) >= 11 is 0. The number of hydrogen-bond acceptors (Lipinski definition) is 4. The van der Waals surface area contributed by atoms with Crippen LogP contribution in [0.1, 0.15) is 21.7 Å². The predicted molar refractivity (Wildman–Crippen MR) is 58.1 cm³/mol. The van der Waals surface area contributed by atoms with Crippen molar-refractivity contribution in [2.24, 2.45) is 0 Å². The van der Waals surface area contributed by atoms with Crippen LogP contribution in [0, 0.1) is 19.7 Å². The summed E-state index contributed by atoms with van der Waals surface area (Å²) in [5, 5.41) is 5.84. The molecular weight excluding hydrogens is 225 g/mol. The molecule has 0 aliphatic carbocycles. The zero-order chi connectivity index (χ0) is 12.4. The number of aromatic nitrogens is 2. The van der Waals surface area contributed by atoms with Crippen molar-refractivity contribution in [3.05, 3.63) is 41.0 Å². The van der Waals surface area contributed by atoms with Crippen molar-refractivity contribution in [1.82, 2.24) is 10.1 Å². The minimum atomic E-state index is -0.616. The topological polar surface area (TPSA) is 68.0 Å². The van der Waals surface area contributed by atoms with E-state index in [1.807, 2.05) is 0 Å². The van der Waals surface area contributed by atoms with Gasteiger partial charge in [0.15, 0.2) is 5.82 Å². The highest BCUT2D eigenvalue weighted by Crippen LogP contribution is 2.12. The van der Waals surface area contributed by atoms with Crippen molar-refractivity contribution in [2.75, 3.05) is 5.32 Å². The standard InChI is InChI=1S/C11H10FN3O2/c1-6-3-4-9(12)8(5-6)10(16)14-11-13-7(2)15-17-11/h3-5H,1-2H3,(H,13,14,15,16). The Balaban J connectivity index is 2.22. The van der Waals surface area contributed by atoms with E-state index in [2.05, 4.69) is 15.5 Å². The van der Waals surface area contributed by atoms with E-state index < -0.39 is 11.7 Å². The summed E-state index contributed by atoms with van der Waals surface area (Å²) in [5.41, 5.74) is 0.735. The first-order valence-corrected chi connectivity index (χ1v) is 4.94. The lowest BCUT2D eigenvalue weighted by Crippen LogP contribution is -2.14. The highest BCUT2D eigenvalue weighted by Gasteiger charge is 2.14. The van der Waals surface area contributed by atoms with Crippen molar-refractivity contribution in [3.8, 4) is 0 Å². The van der Waals surface area contributed by atoms with Crippen molar-refractivity contribution in [2.45, 2.75) is 13.8 Å². The summed E-state index contributed by atoms with van der Waals surface area (Å²) in [7, 11) is 0. The number of rotatable bonds is 2. The van der Waals surface area contributed by atoms with E-state index >= 15 is 0 Å². The van der Waals surface area contributed by atoms with Crippen LogP contribution < -0.4 is 5.32 Å². The Hall–Kier alpha value is -2.24. The molecule has 1 N–H and O–H groups in total. The Morgan fingerprint density at radius 1 is 1.41 bits per heavy atom. The summed E-state index contributed by atoms with van der Waals surface area (Å²) in [4.78, 5) is 15.5. The normalized spacial score (nSPS) is 10.3. The van der Waals surface area contributed by atoms with Gasteiger partial charge in [-0.2, -0.15) is 4.98 Å². The number of hydrogen-bond donors (Lipinski definition) is 1. The first kappa shape index (κ1) is 11.3. The Morgan fingerprint density at radius 2 is 2.18 bits per heavy atom. The van der Waals surface area contributed by atoms with Gasteiger partial charge in [0.2, 0.25) is 0 Å². The van der Waals surface area contributed by atoms with Crippen LogP contribution in [-0.2, 0) is 0 Å². The van der Waals surface area contributed by atoms with Gasteiger partial charge >= 0.3 is 6.01 Å². The van der Waals surface area contributed by atoms with Gasteiger partial charge < -0.3 is 4.52 Å². The predicted octanol–water partition coefficient (Wildman–Crippen LogP) is 2.08. The highest BCUT2D eigenvalue weighted by molar-refractivity contribution is 6.03. The molecule has 1 aromatic heterocycles. The maximum Gasteiger partial charge on any atom is 0.328 e. The number of amides is 1. The Kier molecular flexibility index (Phi) is 2.86. The number of benzene rings is 1. The lowest BCUT2D eigenvalue weighted by Gasteiger charge is -2.02. The summed E-state index contributed by atoms with van der Waals surface area (Å²) in [6, 6.07) is 4.23. The average molecular weight is 235 g/mol. The van der Waals surface area contributed by atoms with Crippen molar-refractivity contribution in [1.29, 1.82) is 0 Å². The van der Waals surface area contributed by atoms with E-state index in [1.54, 1.807) is 19.9 Å². The molecule has 6 heteroatoms. The lowest BCUT2D eigenvalue weighted by molar-refractivity contribution is 0.101. The molecule has 0 fully saturated rings. The molecule has 0 radical (unpaired) electrons. The molecule has 0 atom stereocenters. The number of aryl methyl sites for hydroxylation is 2. The SMILES string of the molecule is Cc1ccc(F)c(C(=O)Nc2nc(C)no2)c1. The minimum absolute atomic E-state index is 0.0478. The third-order valence-corrected chi connectivity index (χ3v) is 2.11. The fourth-order valence-electron chi connectivity index (χ4n) is 1.33. The van der Waals surface area contributed by atoms with Gasteiger partial charge in [0.1, 0.15) is 5.82 Å². The Labute approximate surface area is 96.6 Å². The van der Waals surface area contributed by atoms with Crippen LogP contribution in [0.5, 0.6) is 0 Å². The molecule has 0 aliphatic rings. The highest BCUT2D eigenvalue weighted by atomic mass is 19.1. The number of nitrogens with zero attached hydrogens (tertiary/aromatic N) is 2. The van der Waals surface area contributed by atoms with Gasteiger partial charge in [0.25, 0.3) is 5.91 Å². The van der Waals surface area contributed by atoms with Crippen LogP contribution in [0.15, 0.2) is 22.7 Å². The maximum atomic E-state index is 13.4. The molecule has 2 rings (SSSR count). The summed E-state index contributed by atoms with van der Waals surface area (Å²) in [6.45, 7) is 3.39. The molecule has 0 aliphatic heterocycles. The van der Waals surface area contributed by atoms with E-state index in [1.165, 1.54) is 12.1 Å². The van der Waals surface area contributed by atoms with Crippen molar-refractivity contribution in [3.63, 3.8) is 0 Å². The van der Waals surface area contributed by atoms with Crippen LogP contribution in [0.4, 0.5) is 10.4 Å². The third-order valence-electron chi connectivity index (χ3n) is 2.11. The summed E-state index contributed by atoms with van der Waals surface area (Å²) < 4.78 is 18.1. The number of carbonyl (C=O) groups excluding carboxylic acids is 1. The first-order chi connectivity index (χ1) is 8.06. The van der Waals surface area contributed by atoms with Crippen LogP contribution in [0.3, 0.4) is 0 Å². The molecule has 88 valence electrons.